The molecule has 2 rings (SSSR count). The molecule has 1 aromatic carbocycles. The first-order valence-corrected chi connectivity index (χ1v) is 6.36. The highest BCUT2D eigenvalue weighted by Gasteiger charge is 1.97. The highest BCUT2D eigenvalue weighted by molar-refractivity contribution is 9.10. The molecular formula is C14H13BrN2O. The number of H-pyrrole nitrogens is 1. The van der Waals surface area contributed by atoms with Crippen molar-refractivity contribution in [2.75, 3.05) is 0 Å². The van der Waals surface area contributed by atoms with E-state index in [0.717, 1.165) is 15.6 Å². The van der Waals surface area contributed by atoms with E-state index < -0.39 is 0 Å². The van der Waals surface area contributed by atoms with Crippen molar-refractivity contribution in [2.24, 2.45) is 0 Å². The maximum atomic E-state index is 11.6. The molecule has 2 aromatic rings. The van der Waals surface area contributed by atoms with Gasteiger partial charge in [0.05, 0.1) is 0 Å². The van der Waals surface area contributed by atoms with Gasteiger partial charge >= 0.3 is 0 Å². The number of hydrogen-bond donors (Lipinski definition) is 2. The van der Waals surface area contributed by atoms with E-state index in [-0.39, 0.29) is 5.91 Å². The molecule has 18 heavy (non-hydrogen) atoms. The van der Waals surface area contributed by atoms with Gasteiger partial charge in [-0.2, -0.15) is 0 Å². The Hall–Kier alpha value is -1.81. The van der Waals surface area contributed by atoms with Gasteiger partial charge in [0, 0.05) is 29.5 Å². The Bertz CT molecular complexity index is 547. The topological polar surface area (TPSA) is 44.9 Å². The van der Waals surface area contributed by atoms with Crippen LogP contribution in [0.15, 0.2) is 53.3 Å². The predicted molar refractivity (Wildman–Crippen MR) is 75.8 cm³/mol. The molecule has 3 nitrogen and oxygen atoms in total. The number of aromatic nitrogens is 1. The number of rotatable bonds is 4. The quantitative estimate of drug-likeness (QED) is 0.838. The molecule has 0 aliphatic rings. The summed E-state index contributed by atoms with van der Waals surface area (Å²) >= 11 is 3.39. The lowest BCUT2D eigenvalue weighted by molar-refractivity contribution is -0.116. The maximum Gasteiger partial charge on any atom is 0.244 e. The van der Waals surface area contributed by atoms with Crippen LogP contribution in [0, 0.1) is 0 Å². The van der Waals surface area contributed by atoms with Crippen LogP contribution in [-0.4, -0.2) is 10.9 Å². The third kappa shape index (κ3) is 3.89. The zero-order valence-electron chi connectivity index (χ0n) is 9.69. The molecule has 1 amide bonds. The predicted octanol–water partition coefficient (Wildman–Crippen LogP) is 3.11. The van der Waals surface area contributed by atoms with Gasteiger partial charge in [0.25, 0.3) is 0 Å². The van der Waals surface area contributed by atoms with Crippen LogP contribution in [0.25, 0.3) is 6.08 Å². The van der Waals surface area contributed by atoms with E-state index in [1.54, 1.807) is 6.08 Å². The molecule has 1 aromatic heterocycles. The first-order valence-electron chi connectivity index (χ1n) is 5.57. The van der Waals surface area contributed by atoms with E-state index >= 15 is 0 Å². The highest BCUT2D eigenvalue weighted by atomic mass is 79.9. The van der Waals surface area contributed by atoms with Gasteiger partial charge in [-0.25, -0.2) is 0 Å². The Balaban J connectivity index is 1.87. The molecular weight excluding hydrogens is 292 g/mol. The summed E-state index contributed by atoms with van der Waals surface area (Å²) in [6.45, 7) is 0.533. The van der Waals surface area contributed by atoms with Crippen LogP contribution in [0.3, 0.4) is 0 Å². The number of carbonyl (C=O) groups is 1. The summed E-state index contributed by atoms with van der Waals surface area (Å²) in [6, 6.07) is 9.71. The zero-order valence-corrected chi connectivity index (χ0v) is 11.3. The lowest BCUT2D eigenvalue weighted by atomic mass is 10.2. The molecule has 0 radical (unpaired) electrons. The molecule has 0 aliphatic heterocycles. The van der Waals surface area contributed by atoms with Crippen molar-refractivity contribution < 1.29 is 4.79 Å². The molecule has 2 N–H and O–H groups in total. The van der Waals surface area contributed by atoms with Crippen LogP contribution in [0.5, 0.6) is 0 Å². The minimum absolute atomic E-state index is 0.101. The third-order valence-corrected chi connectivity index (χ3v) is 2.90. The summed E-state index contributed by atoms with van der Waals surface area (Å²) in [6.07, 6.45) is 7.02. The SMILES string of the molecule is O=C(/C=C/c1cccc(Br)c1)NCc1cc[nH]c1. The van der Waals surface area contributed by atoms with Gasteiger partial charge < -0.3 is 10.3 Å². The van der Waals surface area contributed by atoms with Crippen LogP contribution < -0.4 is 5.32 Å². The maximum absolute atomic E-state index is 11.6. The Morgan fingerprint density at radius 3 is 3.00 bits per heavy atom. The molecule has 1 heterocycles. The average Bonchev–Trinajstić information content (AvgIpc) is 2.87. The van der Waals surface area contributed by atoms with Gasteiger partial charge in [0.2, 0.25) is 5.91 Å². The minimum Gasteiger partial charge on any atom is -0.367 e. The number of halogens is 1. The Morgan fingerprint density at radius 1 is 1.39 bits per heavy atom. The van der Waals surface area contributed by atoms with E-state index in [2.05, 4.69) is 26.2 Å². The fourth-order valence-electron chi connectivity index (χ4n) is 1.50. The number of hydrogen-bond acceptors (Lipinski definition) is 1. The lowest BCUT2D eigenvalue weighted by Crippen LogP contribution is -2.19. The Morgan fingerprint density at radius 2 is 2.28 bits per heavy atom. The van der Waals surface area contributed by atoms with Crippen molar-refractivity contribution in [3.8, 4) is 0 Å². The van der Waals surface area contributed by atoms with Gasteiger partial charge in [-0.3, -0.25) is 4.79 Å². The van der Waals surface area contributed by atoms with Gasteiger partial charge in [-0.1, -0.05) is 28.1 Å². The van der Waals surface area contributed by atoms with Crippen molar-refractivity contribution in [3.05, 3.63) is 64.4 Å². The van der Waals surface area contributed by atoms with Gasteiger partial charge in [-0.05, 0) is 35.4 Å². The molecule has 0 unspecified atom stereocenters. The zero-order chi connectivity index (χ0) is 12.8. The molecule has 0 fully saturated rings. The van der Waals surface area contributed by atoms with Crippen LogP contribution in [0.2, 0.25) is 0 Å². The minimum atomic E-state index is -0.101. The molecule has 0 bridgehead atoms. The summed E-state index contributed by atoms with van der Waals surface area (Å²) in [5.41, 5.74) is 2.04. The van der Waals surface area contributed by atoms with Crippen LogP contribution >= 0.6 is 15.9 Å². The second-order valence-electron chi connectivity index (χ2n) is 3.83. The molecule has 0 saturated carbocycles. The number of carbonyl (C=O) groups excluding carboxylic acids is 1. The standard InChI is InChI=1S/C14H13BrN2O/c15-13-3-1-2-11(8-13)4-5-14(18)17-10-12-6-7-16-9-12/h1-9,16H,10H2,(H,17,18)/b5-4+. The van der Waals surface area contributed by atoms with Crippen LogP contribution in [0.1, 0.15) is 11.1 Å². The van der Waals surface area contributed by atoms with Crippen molar-refractivity contribution in [3.63, 3.8) is 0 Å². The largest absolute Gasteiger partial charge is 0.367 e. The lowest BCUT2D eigenvalue weighted by Gasteiger charge is -1.99. The monoisotopic (exact) mass is 304 g/mol. The van der Waals surface area contributed by atoms with Gasteiger partial charge in [-0.15, -0.1) is 0 Å². The van der Waals surface area contributed by atoms with Crippen LogP contribution in [0.4, 0.5) is 0 Å². The second-order valence-corrected chi connectivity index (χ2v) is 4.74. The average molecular weight is 305 g/mol. The molecule has 0 saturated heterocycles. The summed E-state index contributed by atoms with van der Waals surface area (Å²) in [4.78, 5) is 14.5. The van der Waals surface area contributed by atoms with Gasteiger partial charge in [0.1, 0.15) is 0 Å². The van der Waals surface area contributed by atoms with Crippen molar-refractivity contribution in [2.45, 2.75) is 6.54 Å². The molecule has 0 spiro atoms. The van der Waals surface area contributed by atoms with E-state index in [4.69, 9.17) is 0 Å². The number of benzene rings is 1. The van der Waals surface area contributed by atoms with E-state index in [0.29, 0.717) is 6.54 Å². The van der Waals surface area contributed by atoms with E-state index in [1.807, 2.05) is 42.7 Å². The Kier molecular flexibility index (Phi) is 4.36. The van der Waals surface area contributed by atoms with Crippen molar-refractivity contribution in [1.29, 1.82) is 0 Å². The molecule has 0 atom stereocenters. The smallest absolute Gasteiger partial charge is 0.244 e. The second kappa shape index (κ2) is 6.21. The first kappa shape index (κ1) is 12.6. The van der Waals surface area contributed by atoms with E-state index in [9.17, 15) is 4.79 Å². The number of aromatic amines is 1. The van der Waals surface area contributed by atoms with Crippen molar-refractivity contribution >= 4 is 27.9 Å². The summed E-state index contributed by atoms with van der Waals surface area (Å²) in [5.74, 6) is -0.101. The van der Waals surface area contributed by atoms with Crippen molar-refractivity contribution in [1.82, 2.24) is 10.3 Å². The molecule has 4 heteroatoms. The third-order valence-electron chi connectivity index (χ3n) is 2.40. The van der Waals surface area contributed by atoms with Gasteiger partial charge in [0.15, 0.2) is 0 Å². The number of nitrogens with one attached hydrogen (secondary N) is 2. The van der Waals surface area contributed by atoms with Crippen LogP contribution in [-0.2, 0) is 11.3 Å². The molecule has 92 valence electrons. The van der Waals surface area contributed by atoms with E-state index in [1.165, 1.54) is 6.08 Å². The summed E-state index contributed by atoms with van der Waals surface area (Å²) < 4.78 is 0.998. The first-order chi connectivity index (χ1) is 8.74. The summed E-state index contributed by atoms with van der Waals surface area (Å²) in [7, 11) is 0. The Labute approximate surface area is 114 Å². The normalized spacial score (nSPS) is 10.7. The fourth-order valence-corrected chi connectivity index (χ4v) is 1.92. The fraction of sp³-hybridized carbons (Fsp3) is 0.0714. The summed E-state index contributed by atoms with van der Waals surface area (Å²) in [5, 5.41) is 2.81. The molecule has 0 aliphatic carbocycles. The highest BCUT2D eigenvalue weighted by Crippen LogP contribution is 2.12. The number of amides is 1.